The second kappa shape index (κ2) is 9.92. The molecule has 0 N–H and O–H groups in total. The maximum absolute atomic E-state index is 4.85. The highest BCUT2D eigenvalue weighted by atomic mass is 16.7. The molecule has 0 unspecified atom stereocenters. The lowest BCUT2D eigenvalue weighted by Crippen LogP contribution is -2.11. The highest BCUT2D eigenvalue weighted by Gasteiger charge is 1.94. The average Bonchev–Trinajstić information content (AvgIpc) is 2.10. The van der Waals surface area contributed by atoms with Crippen molar-refractivity contribution >= 4 is 0 Å². The van der Waals surface area contributed by atoms with Gasteiger partial charge in [0.2, 0.25) is 0 Å². The molecule has 0 aliphatic carbocycles. The van der Waals surface area contributed by atoms with Gasteiger partial charge < -0.3 is 9.47 Å². The van der Waals surface area contributed by atoms with E-state index in [4.69, 9.17) is 9.47 Å². The molecule has 0 amide bonds. The van der Waals surface area contributed by atoms with Crippen LogP contribution in [-0.2, 0) is 9.47 Å². The largest absolute Gasteiger partial charge is 0.355 e. The normalized spacial score (nSPS) is 16.9. The first kappa shape index (κ1) is 10.9. The molecule has 2 nitrogen and oxygen atoms in total. The van der Waals surface area contributed by atoms with E-state index in [-0.39, 0.29) is 0 Å². The van der Waals surface area contributed by atoms with Crippen LogP contribution in [0.1, 0.15) is 39.5 Å². The summed E-state index contributed by atoms with van der Waals surface area (Å²) in [6.07, 6.45) is 5.13. The maximum atomic E-state index is 4.85. The van der Waals surface area contributed by atoms with Crippen LogP contribution in [0.15, 0.2) is 0 Å². The molecule has 68 valence electrons. The van der Waals surface area contributed by atoms with Gasteiger partial charge >= 0.3 is 0 Å². The number of rotatable bonds is 2. The fraction of sp³-hybridized carbons (Fsp3) is 1.00. The highest BCUT2D eigenvalue weighted by molar-refractivity contribution is 4.34. The summed E-state index contributed by atoms with van der Waals surface area (Å²) >= 11 is 0. The standard InChI is InChI=1S/C5H12.C4H8O2/c1-3-5-4-2;1-2-5-4-6-3-1/h3-5H2,1-2H3;1-4H2. The van der Waals surface area contributed by atoms with Gasteiger partial charge in [-0.3, -0.25) is 0 Å². The molecule has 0 bridgehead atoms. The van der Waals surface area contributed by atoms with Crippen molar-refractivity contribution in [2.45, 2.75) is 39.5 Å². The third kappa shape index (κ3) is 9.92. The number of ether oxygens (including phenoxy) is 2. The monoisotopic (exact) mass is 160 g/mol. The molecule has 0 atom stereocenters. The van der Waals surface area contributed by atoms with Gasteiger partial charge in [0.15, 0.2) is 0 Å². The molecule has 0 radical (unpaired) electrons. The Labute approximate surface area is 69.9 Å². The Hall–Kier alpha value is -0.0800. The van der Waals surface area contributed by atoms with E-state index in [0.717, 1.165) is 19.6 Å². The molecule has 0 aromatic rings. The zero-order chi connectivity index (χ0) is 8.36. The van der Waals surface area contributed by atoms with Crippen molar-refractivity contribution in [3.63, 3.8) is 0 Å². The lowest BCUT2D eigenvalue weighted by molar-refractivity contribution is -0.0963. The Morgan fingerprint density at radius 1 is 1.00 bits per heavy atom. The van der Waals surface area contributed by atoms with Gasteiger partial charge in [-0.2, -0.15) is 0 Å². The third-order valence-corrected chi connectivity index (χ3v) is 1.45. The number of hydrogen-bond donors (Lipinski definition) is 0. The van der Waals surface area contributed by atoms with Crippen LogP contribution in [0.25, 0.3) is 0 Å². The average molecular weight is 160 g/mol. The Morgan fingerprint density at radius 3 is 1.64 bits per heavy atom. The maximum Gasteiger partial charge on any atom is 0.146 e. The van der Waals surface area contributed by atoms with Crippen LogP contribution >= 0.6 is 0 Å². The van der Waals surface area contributed by atoms with E-state index in [1.807, 2.05) is 0 Å². The van der Waals surface area contributed by atoms with Gasteiger partial charge in [0.05, 0.1) is 13.2 Å². The predicted octanol–water partition coefficient (Wildman–Crippen LogP) is 2.58. The molecule has 1 fully saturated rings. The van der Waals surface area contributed by atoms with Gasteiger partial charge in [0.1, 0.15) is 6.79 Å². The van der Waals surface area contributed by atoms with Gasteiger partial charge in [-0.25, -0.2) is 0 Å². The van der Waals surface area contributed by atoms with Crippen molar-refractivity contribution in [3.05, 3.63) is 0 Å². The van der Waals surface area contributed by atoms with Crippen molar-refractivity contribution in [1.82, 2.24) is 0 Å². The van der Waals surface area contributed by atoms with E-state index in [1.54, 1.807) is 0 Å². The summed E-state index contributed by atoms with van der Waals surface area (Å²) in [6.45, 7) is 6.67. The van der Waals surface area contributed by atoms with Crippen molar-refractivity contribution < 1.29 is 9.47 Å². The van der Waals surface area contributed by atoms with E-state index in [0.29, 0.717) is 6.79 Å². The third-order valence-electron chi connectivity index (χ3n) is 1.45. The summed E-state index contributed by atoms with van der Waals surface area (Å²) in [7, 11) is 0. The van der Waals surface area contributed by atoms with Crippen molar-refractivity contribution in [1.29, 1.82) is 0 Å². The predicted molar refractivity (Wildman–Crippen MR) is 46.6 cm³/mol. The lowest BCUT2D eigenvalue weighted by atomic mass is 10.3. The first-order valence-corrected chi connectivity index (χ1v) is 4.57. The first-order valence-electron chi connectivity index (χ1n) is 4.57. The van der Waals surface area contributed by atoms with Crippen LogP contribution < -0.4 is 0 Å². The summed E-state index contributed by atoms with van der Waals surface area (Å²) in [6, 6.07) is 0. The molecule has 1 saturated heterocycles. The molecule has 0 aromatic carbocycles. The minimum absolute atomic E-state index is 0.500. The summed E-state index contributed by atoms with van der Waals surface area (Å²) in [5, 5.41) is 0. The molecule has 0 saturated carbocycles. The summed E-state index contributed by atoms with van der Waals surface area (Å²) < 4.78 is 9.69. The first-order chi connectivity index (χ1) is 5.41. The molecule has 1 heterocycles. The molecule has 0 spiro atoms. The molecular weight excluding hydrogens is 140 g/mol. The molecule has 1 aliphatic heterocycles. The molecule has 1 rings (SSSR count). The quantitative estimate of drug-likeness (QED) is 0.618. The molecular formula is C9H20O2. The van der Waals surface area contributed by atoms with E-state index in [2.05, 4.69) is 13.8 Å². The van der Waals surface area contributed by atoms with Crippen LogP contribution in [0, 0.1) is 0 Å². The van der Waals surface area contributed by atoms with Gasteiger partial charge in [0, 0.05) is 0 Å². The lowest BCUT2D eigenvalue weighted by Gasteiger charge is -2.09. The van der Waals surface area contributed by atoms with Gasteiger partial charge in [-0.05, 0) is 6.42 Å². The van der Waals surface area contributed by atoms with Crippen molar-refractivity contribution in [2.75, 3.05) is 20.0 Å². The van der Waals surface area contributed by atoms with E-state index in [1.165, 1.54) is 19.3 Å². The van der Waals surface area contributed by atoms with E-state index < -0.39 is 0 Å². The van der Waals surface area contributed by atoms with Crippen LogP contribution in [0.4, 0.5) is 0 Å². The highest BCUT2D eigenvalue weighted by Crippen LogP contribution is 1.91. The summed E-state index contributed by atoms with van der Waals surface area (Å²) in [5.41, 5.74) is 0. The Morgan fingerprint density at radius 2 is 1.55 bits per heavy atom. The topological polar surface area (TPSA) is 18.5 Å². The Kier molecular flexibility index (Phi) is 9.85. The smallest absolute Gasteiger partial charge is 0.146 e. The van der Waals surface area contributed by atoms with Gasteiger partial charge in [-0.1, -0.05) is 33.1 Å². The van der Waals surface area contributed by atoms with Crippen LogP contribution in [0.2, 0.25) is 0 Å². The van der Waals surface area contributed by atoms with Crippen LogP contribution in [0.3, 0.4) is 0 Å². The van der Waals surface area contributed by atoms with E-state index in [9.17, 15) is 0 Å². The summed E-state index contributed by atoms with van der Waals surface area (Å²) in [5.74, 6) is 0. The SMILES string of the molecule is C1COCOC1.CCCCC. The minimum atomic E-state index is 0.500. The van der Waals surface area contributed by atoms with Gasteiger partial charge in [-0.15, -0.1) is 0 Å². The zero-order valence-corrected chi connectivity index (χ0v) is 7.77. The van der Waals surface area contributed by atoms with Crippen LogP contribution in [0.5, 0.6) is 0 Å². The number of hydrogen-bond acceptors (Lipinski definition) is 2. The minimum Gasteiger partial charge on any atom is -0.355 e. The summed E-state index contributed by atoms with van der Waals surface area (Å²) in [4.78, 5) is 0. The molecule has 0 aromatic heterocycles. The Bertz CT molecular complexity index is 47.1. The Balaban J connectivity index is 0.000000187. The fourth-order valence-corrected chi connectivity index (χ4v) is 0.793. The van der Waals surface area contributed by atoms with Crippen molar-refractivity contribution in [3.8, 4) is 0 Å². The van der Waals surface area contributed by atoms with Crippen molar-refractivity contribution in [2.24, 2.45) is 0 Å². The van der Waals surface area contributed by atoms with Gasteiger partial charge in [0.25, 0.3) is 0 Å². The second-order valence-electron chi connectivity index (χ2n) is 2.64. The van der Waals surface area contributed by atoms with E-state index >= 15 is 0 Å². The number of unbranched alkanes of at least 4 members (excludes halogenated alkanes) is 2. The zero-order valence-electron chi connectivity index (χ0n) is 7.77. The molecule has 11 heavy (non-hydrogen) atoms. The van der Waals surface area contributed by atoms with Crippen LogP contribution in [-0.4, -0.2) is 20.0 Å². The molecule has 1 aliphatic rings. The molecule has 2 heteroatoms. The fourth-order valence-electron chi connectivity index (χ4n) is 0.793. The second-order valence-corrected chi connectivity index (χ2v) is 2.64.